The zero-order valence-electron chi connectivity index (χ0n) is 26.2. The Hall–Kier alpha value is -3.39. The van der Waals surface area contributed by atoms with Gasteiger partial charge in [0.1, 0.15) is 17.9 Å². The Morgan fingerprint density at radius 2 is 1.83 bits per heavy atom. The standard InChI is InChI=1S/C34H50N6O2/c1-6-28(22-26(3)4)13-12-27(5)37-34(41)40-19-17-39(18-20-40)33-30-23-29(7-2)32(24-31(30)35-25-36-33)42-21-11-16-38-14-9-8-10-15-38/h6,12-13,23-26H,1,7-11,14-22H2,2-5H3,(H,37,41)/b27-12+,28-13+. The van der Waals surface area contributed by atoms with Gasteiger partial charge in [-0.1, -0.05) is 45.9 Å². The van der Waals surface area contributed by atoms with Crippen LogP contribution in [0.25, 0.3) is 10.9 Å². The highest BCUT2D eigenvalue weighted by atomic mass is 16.5. The summed E-state index contributed by atoms with van der Waals surface area (Å²) in [5.74, 6) is 2.41. The maximum atomic E-state index is 12.9. The van der Waals surface area contributed by atoms with E-state index >= 15 is 0 Å². The van der Waals surface area contributed by atoms with Crippen molar-refractivity contribution in [3.63, 3.8) is 0 Å². The van der Waals surface area contributed by atoms with Crippen molar-refractivity contribution in [2.45, 2.75) is 66.2 Å². The minimum absolute atomic E-state index is 0.0660. The van der Waals surface area contributed by atoms with E-state index in [1.807, 2.05) is 30.1 Å². The number of hydrogen-bond donors (Lipinski definition) is 1. The Kier molecular flexibility index (Phi) is 11.8. The summed E-state index contributed by atoms with van der Waals surface area (Å²) in [5, 5.41) is 4.08. The lowest BCUT2D eigenvalue weighted by Crippen LogP contribution is -2.51. The molecular weight excluding hydrogens is 524 g/mol. The van der Waals surface area contributed by atoms with Crippen molar-refractivity contribution in [3.05, 3.63) is 60.1 Å². The van der Waals surface area contributed by atoms with Crippen LogP contribution in [-0.2, 0) is 6.42 Å². The molecule has 0 spiro atoms. The van der Waals surface area contributed by atoms with Crippen LogP contribution in [0.5, 0.6) is 5.75 Å². The van der Waals surface area contributed by atoms with E-state index in [-0.39, 0.29) is 6.03 Å². The predicted molar refractivity (Wildman–Crippen MR) is 173 cm³/mol. The molecule has 2 saturated heterocycles. The van der Waals surface area contributed by atoms with Crippen LogP contribution >= 0.6 is 0 Å². The smallest absolute Gasteiger partial charge is 0.321 e. The van der Waals surface area contributed by atoms with Gasteiger partial charge in [0.15, 0.2) is 0 Å². The number of carbonyl (C=O) groups excluding carboxylic acids is 1. The molecule has 2 amide bonds. The SMILES string of the molecule is C=C/C(=C\C=C(/C)NC(=O)N1CCN(c2ncnc3cc(OCCCN4CCCCC4)c(CC)cc23)CC1)CC(C)C. The van der Waals surface area contributed by atoms with Gasteiger partial charge < -0.3 is 24.8 Å². The lowest BCUT2D eigenvalue weighted by molar-refractivity contribution is 0.197. The number of urea groups is 1. The normalized spacial score (nSPS) is 17.2. The molecule has 1 N–H and O–H groups in total. The number of anilines is 1. The van der Waals surface area contributed by atoms with Gasteiger partial charge >= 0.3 is 6.03 Å². The van der Waals surface area contributed by atoms with Crippen LogP contribution in [-0.4, -0.2) is 78.2 Å². The number of hydrogen-bond acceptors (Lipinski definition) is 6. The van der Waals surface area contributed by atoms with Crippen LogP contribution in [0.15, 0.2) is 54.5 Å². The molecule has 1 aromatic carbocycles. The van der Waals surface area contributed by atoms with Gasteiger partial charge in [-0.05, 0) is 81.3 Å². The summed E-state index contributed by atoms with van der Waals surface area (Å²) in [4.78, 5) is 28.9. The average Bonchev–Trinajstić information content (AvgIpc) is 3.01. The Bertz CT molecular complexity index is 1260. The molecule has 4 rings (SSSR count). The number of aryl methyl sites for hydroxylation is 1. The van der Waals surface area contributed by atoms with Gasteiger partial charge in [0.25, 0.3) is 0 Å². The lowest BCUT2D eigenvalue weighted by atomic mass is 10.0. The zero-order chi connectivity index (χ0) is 29.9. The number of aromatic nitrogens is 2. The first kappa shape index (κ1) is 31.5. The second-order valence-electron chi connectivity index (χ2n) is 11.9. The minimum atomic E-state index is -0.0660. The topological polar surface area (TPSA) is 73.8 Å². The van der Waals surface area contributed by atoms with Gasteiger partial charge in [0.05, 0.1) is 12.1 Å². The predicted octanol–water partition coefficient (Wildman–Crippen LogP) is 6.34. The number of piperazine rings is 1. The molecule has 0 saturated carbocycles. The van der Waals surface area contributed by atoms with Gasteiger partial charge in [-0.25, -0.2) is 14.8 Å². The van der Waals surface area contributed by atoms with Crippen LogP contribution < -0.4 is 15.0 Å². The molecule has 42 heavy (non-hydrogen) atoms. The highest BCUT2D eigenvalue weighted by molar-refractivity contribution is 5.91. The molecule has 228 valence electrons. The molecule has 0 unspecified atom stereocenters. The molecular formula is C34H50N6O2. The van der Waals surface area contributed by atoms with Crippen LogP contribution in [0, 0.1) is 5.92 Å². The third kappa shape index (κ3) is 8.81. The molecule has 2 aliphatic heterocycles. The van der Waals surface area contributed by atoms with Gasteiger partial charge in [-0.3, -0.25) is 0 Å². The fraction of sp³-hybridized carbons (Fsp3) is 0.559. The number of allylic oxidation sites excluding steroid dienone is 5. The third-order valence-electron chi connectivity index (χ3n) is 8.13. The number of ether oxygens (including phenoxy) is 1. The number of nitrogens with zero attached hydrogens (tertiary/aromatic N) is 5. The van der Waals surface area contributed by atoms with Gasteiger partial charge in [-0.2, -0.15) is 0 Å². The first-order valence-electron chi connectivity index (χ1n) is 15.8. The zero-order valence-corrected chi connectivity index (χ0v) is 26.2. The second-order valence-corrected chi connectivity index (χ2v) is 11.9. The Morgan fingerprint density at radius 1 is 1.07 bits per heavy atom. The summed E-state index contributed by atoms with van der Waals surface area (Å²) in [5.41, 5.74) is 4.07. The highest BCUT2D eigenvalue weighted by Gasteiger charge is 2.24. The van der Waals surface area contributed by atoms with Crippen molar-refractivity contribution in [2.24, 2.45) is 5.92 Å². The molecule has 0 aliphatic carbocycles. The molecule has 2 fully saturated rings. The van der Waals surface area contributed by atoms with Gasteiger partial charge in [0, 0.05) is 49.9 Å². The third-order valence-corrected chi connectivity index (χ3v) is 8.13. The number of nitrogens with one attached hydrogen (secondary N) is 1. The summed E-state index contributed by atoms with van der Waals surface area (Å²) < 4.78 is 6.27. The molecule has 8 heteroatoms. The molecule has 0 bridgehead atoms. The summed E-state index contributed by atoms with van der Waals surface area (Å²) in [6.07, 6.45) is 14.4. The van der Waals surface area contributed by atoms with Crippen molar-refractivity contribution in [1.82, 2.24) is 25.1 Å². The minimum Gasteiger partial charge on any atom is -0.493 e. The number of rotatable bonds is 12. The maximum absolute atomic E-state index is 12.9. The molecule has 8 nitrogen and oxygen atoms in total. The second kappa shape index (κ2) is 15.7. The number of piperidine rings is 1. The number of amides is 2. The summed E-state index contributed by atoms with van der Waals surface area (Å²) in [6.45, 7) is 19.3. The van der Waals surface area contributed by atoms with Crippen molar-refractivity contribution in [1.29, 1.82) is 0 Å². The molecule has 3 heterocycles. The fourth-order valence-corrected chi connectivity index (χ4v) is 5.76. The highest BCUT2D eigenvalue weighted by Crippen LogP contribution is 2.31. The Labute approximate surface area is 252 Å². The van der Waals surface area contributed by atoms with Gasteiger partial charge in [-0.15, -0.1) is 0 Å². The number of fused-ring (bicyclic) bond motifs is 1. The summed E-state index contributed by atoms with van der Waals surface area (Å²) >= 11 is 0. The van der Waals surface area contributed by atoms with E-state index < -0.39 is 0 Å². The number of benzene rings is 1. The monoisotopic (exact) mass is 574 g/mol. The van der Waals surface area contributed by atoms with E-state index in [4.69, 9.17) is 4.74 Å². The first-order valence-corrected chi connectivity index (χ1v) is 15.8. The van der Waals surface area contributed by atoms with Crippen molar-refractivity contribution < 1.29 is 9.53 Å². The van der Waals surface area contributed by atoms with E-state index in [2.05, 4.69) is 64.6 Å². The van der Waals surface area contributed by atoms with Crippen molar-refractivity contribution >= 4 is 22.8 Å². The number of carbonyl (C=O) groups is 1. The fourth-order valence-electron chi connectivity index (χ4n) is 5.76. The van der Waals surface area contributed by atoms with Crippen LogP contribution in [0.1, 0.15) is 65.4 Å². The molecule has 2 aromatic rings. The molecule has 0 radical (unpaired) electrons. The van der Waals surface area contributed by atoms with Crippen LogP contribution in [0.4, 0.5) is 10.6 Å². The maximum Gasteiger partial charge on any atom is 0.321 e. The van der Waals surface area contributed by atoms with E-state index in [0.717, 1.165) is 60.6 Å². The summed E-state index contributed by atoms with van der Waals surface area (Å²) in [7, 11) is 0. The molecule has 1 aromatic heterocycles. The Morgan fingerprint density at radius 3 is 2.52 bits per heavy atom. The molecule has 0 atom stereocenters. The van der Waals surface area contributed by atoms with Gasteiger partial charge in [0.2, 0.25) is 0 Å². The first-order chi connectivity index (χ1) is 20.4. The summed E-state index contributed by atoms with van der Waals surface area (Å²) in [6, 6.07) is 4.21. The van der Waals surface area contributed by atoms with E-state index in [9.17, 15) is 4.79 Å². The number of likely N-dealkylation sites (tertiary alicyclic amines) is 1. The van der Waals surface area contributed by atoms with E-state index in [1.165, 1.54) is 43.5 Å². The quantitative estimate of drug-likeness (QED) is 0.236. The Balaban J connectivity index is 1.34. The average molecular weight is 575 g/mol. The van der Waals surface area contributed by atoms with Crippen molar-refractivity contribution in [2.75, 3.05) is 57.3 Å². The van der Waals surface area contributed by atoms with Crippen LogP contribution in [0.3, 0.4) is 0 Å². The van der Waals surface area contributed by atoms with Crippen LogP contribution in [0.2, 0.25) is 0 Å². The molecule has 2 aliphatic rings. The van der Waals surface area contributed by atoms with E-state index in [1.54, 1.807) is 6.33 Å². The lowest BCUT2D eigenvalue weighted by Gasteiger charge is -2.35. The van der Waals surface area contributed by atoms with E-state index in [0.29, 0.717) is 32.1 Å². The largest absolute Gasteiger partial charge is 0.493 e. The van der Waals surface area contributed by atoms with Crippen molar-refractivity contribution in [3.8, 4) is 5.75 Å².